The van der Waals surface area contributed by atoms with E-state index >= 15 is 0 Å². The van der Waals surface area contributed by atoms with Gasteiger partial charge in [-0.1, -0.05) is 0 Å². The van der Waals surface area contributed by atoms with Crippen molar-refractivity contribution in [2.45, 2.75) is 26.8 Å². The van der Waals surface area contributed by atoms with Crippen LogP contribution in [0, 0.1) is 0 Å². The topological polar surface area (TPSA) is 91.2 Å². The zero-order valence-electron chi connectivity index (χ0n) is 12.8. The number of ether oxygens (including phenoxy) is 2. The molecule has 118 valence electrons. The van der Waals surface area contributed by atoms with Crippen LogP contribution in [0.1, 0.15) is 26.8 Å². The Balaban J connectivity index is 2.15. The Morgan fingerprint density at radius 2 is 2.14 bits per heavy atom. The van der Waals surface area contributed by atoms with Gasteiger partial charge in [-0.2, -0.15) is 10.1 Å². The third kappa shape index (κ3) is 3.72. The van der Waals surface area contributed by atoms with Crippen molar-refractivity contribution in [2.24, 2.45) is 0 Å². The van der Waals surface area contributed by atoms with Gasteiger partial charge in [0.15, 0.2) is 0 Å². The lowest BCUT2D eigenvalue weighted by Gasteiger charge is -2.15. The van der Waals surface area contributed by atoms with Crippen molar-refractivity contribution >= 4 is 11.6 Å². The Kier molecular flexibility index (Phi) is 5.29. The second-order valence-corrected chi connectivity index (χ2v) is 4.39. The number of hydrogen-bond acceptors (Lipinski definition) is 6. The second kappa shape index (κ2) is 7.39. The van der Waals surface area contributed by atoms with Crippen molar-refractivity contribution in [3.05, 3.63) is 24.7 Å². The van der Waals surface area contributed by atoms with Gasteiger partial charge in [-0.15, -0.1) is 0 Å². The highest BCUT2D eigenvalue weighted by molar-refractivity contribution is 5.94. The summed E-state index contributed by atoms with van der Waals surface area (Å²) in [6, 6.07) is 1.51. The van der Waals surface area contributed by atoms with E-state index in [0.717, 1.165) is 0 Å². The van der Waals surface area contributed by atoms with Crippen molar-refractivity contribution in [3.63, 3.8) is 0 Å². The van der Waals surface area contributed by atoms with E-state index in [1.165, 1.54) is 6.20 Å². The molecule has 1 atom stereocenters. The van der Waals surface area contributed by atoms with Crippen LogP contribution in [0.4, 0.5) is 5.69 Å². The van der Waals surface area contributed by atoms with E-state index in [2.05, 4.69) is 20.4 Å². The van der Waals surface area contributed by atoms with Gasteiger partial charge >= 0.3 is 6.01 Å². The average Bonchev–Trinajstić information content (AvgIpc) is 3.04. The van der Waals surface area contributed by atoms with E-state index in [4.69, 9.17) is 9.47 Å². The predicted molar refractivity (Wildman–Crippen MR) is 79.9 cm³/mol. The van der Waals surface area contributed by atoms with Crippen LogP contribution in [0.2, 0.25) is 0 Å². The molecule has 2 rings (SSSR count). The molecule has 0 spiro atoms. The minimum absolute atomic E-state index is 0.212. The van der Waals surface area contributed by atoms with E-state index in [1.54, 1.807) is 30.1 Å². The summed E-state index contributed by atoms with van der Waals surface area (Å²) in [6.07, 6.45) is 4.81. The van der Waals surface area contributed by atoms with Crippen LogP contribution in [0.15, 0.2) is 24.7 Å². The standard InChI is InChI=1S/C14H19N5O3/c1-4-21-13-11(9-15-14(18-13)22-5-2)17-12(20)10(3)19-8-6-7-16-19/h6-10H,4-5H2,1-3H3,(H,17,20). The van der Waals surface area contributed by atoms with Crippen molar-refractivity contribution in [3.8, 4) is 11.9 Å². The maximum Gasteiger partial charge on any atom is 0.319 e. The second-order valence-electron chi connectivity index (χ2n) is 4.39. The molecular formula is C14H19N5O3. The van der Waals surface area contributed by atoms with E-state index in [-0.39, 0.29) is 17.8 Å². The Morgan fingerprint density at radius 1 is 1.36 bits per heavy atom. The molecule has 0 saturated heterocycles. The zero-order chi connectivity index (χ0) is 15.9. The highest BCUT2D eigenvalue weighted by Gasteiger charge is 2.18. The van der Waals surface area contributed by atoms with E-state index in [9.17, 15) is 4.79 Å². The Bertz CT molecular complexity index is 615. The fraction of sp³-hybridized carbons (Fsp3) is 0.429. The van der Waals surface area contributed by atoms with Crippen molar-refractivity contribution in [1.29, 1.82) is 0 Å². The first-order chi connectivity index (χ1) is 10.7. The molecular weight excluding hydrogens is 286 g/mol. The zero-order valence-corrected chi connectivity index (χ0v) is 12.8. The molecule has 1 N–H and O–H groups in total. The smallest absolute Gasteiger partial charge is 0.319 e. The van der Waals surface area contributed by atoms with Gasteiger partial charge in [-0.25, -0.2) is 4.98 Å². The summed E-state index contributed by atoms with van der Waals surface area (Å²) >= 11 is 0. The minimum Gasteiger partial charge on any atom is -0.476 e. The monoisotopic (exact) mass is 305 g/mol. The summed E-state index contributed by atoms with van der Waals surface area (Å²) in [7, 11) is 0. The number of rotatable bonds is 7. The maximum atomic E-state index is 12.3. The third-order valence-corrected chi connectivity index (χ3v) is 2.85. The normalized spacial score (nSPS) is 11.8. The highest BCUT2D eigenvalue weighted by Crippen LogP contribution is 2.24. The Hall–Kier alpha value is -2.64. The number of hydrogen-bond donors (Lipinski definition) is 1. The first-order valence-corrected chi connectivity index (χ1v) is 7.08. The van der Waals surface area contributed by atoms with E-state index in [0.29, 0.717) is 18.9 Å². The van der Waals surface area contributed by atoms with Gasteiger partial charge in [0.05, 0.1) is 19.4 Å². The van der Waals surface area contributed by atoms with Crippen LogP contribution in [-0.2, 0) is 4.79 Å². The van der Waals surface area contributed by atoms with E-state index < -0.39 is 6.04 Å². The van der Waals surface area contributed by atoms with Gasteiger partial charge in [0, 0.05) is 12.4 Å². The fourth-order valence-corrected chi connectivity index (χ4v) is 1.75. The summed E-state index contributed by atoms with van der Waals surface area (Å²) in [5.41, 5.74) is 0.398. The summed E-state index contributed by atoms with van der Waals surface area (Å²) in [5, 5.41) is 6.80. The Labute approximate surface area is 128 Å². The van der Waals surface area contributed by atoms with Gasteiger partial charge < -0.3 is 14.8 Å². The van der Waals surface area contributed by atoms with Crippen LogP contribution in [0.25, 0.3) is 0 Å². The molecule has 0 aliphatic rings. The van der Waals surface area contributed by atoms with Crippen LogP contribution in [-0.4, -0.2) is 38.9 Å². The first-order valence-electron chi connectivity index (χ1n) is 7.08. The average molecular weight is 305 g/mol. The lowest BCUT2D eigenvalue weighted by Crippen LogP contribution is -2.24. The molecule has 8 heteroatoms. The number of amides is 1. The van der Waals surface area contributed by atoms with Crippen molar-refractivity contribution < 1.29 is 14.3 Å². The molecule has 22 heavy (non-hydrogen) atoms. The molecule has 2 aromatic heterocycles. The summed E-state index contributed by atoms with van der Waals surface area (Å²) in [4.78, 5) is 20.4. The molecule has 8 nitrogen and oxygen atoms in total. The van der Waals surface area contributed by atoms with Gasteiger partial charge in [-0.3, -0.25) is 9.48 Å². The summed E-state index contributed by atoms with van der Waals surface area (Å²) in [6.45, 7) is 6.29. The van der Waals surface area contributed by atoms with Crippen LogP contribution >= 0.6 is 0 Å². The largest absolute Gasteiger partial charge is 0.476 e. The first kappa shape index (κ1) is 15.7. The molecule has 2 aromatic rings. The molecule has 2 heterocycles. The maximum absolute atomic E-state index is 12.3. The van der Waals surface area contributed by atoms with Gasteiger partial charge in [-0.05, 0) is 26.8 Å². The molecule has 0 radical (unpaired) electrons. The van der Waals surface area contributed by atoms with Crippen molar-refractivity contribution in [2.75, 3.05) is 18.5 Å². The van der Waals surface area contributed by atoms with Crippen LogP contribution in [0.5, 0.6) is 11.9 Å². The van der Waals surface area contributed by atoms with E-state index in [1.807, 2.05) is 13.8 Å². The van der Waals surface area contributed by atoms with Crippen LogP contribution in [0.3, 0.4) is 0 Å². The molecule has 0 aliphatic heterocycles. The highest BCUT2D eigenvalue weighted by atomic mass is 16.5. The molecule has 0 saturated carbocycles. The molecule has 1 amide bonds. The number of anilines is 1. The number of nitrogens with zero attached hydrogens (tertiary/aromatic N) is 4. The number of carbonyl (C=O) groups excluding carboxylic acids is 1. The lowest BCUT2D eigenvalue weighted by atomic mass is 10.3. The van der Waals surface area contributed by atoms with Gasteiger partial charge in [0.25, 0.3) is 0 Å². The van der Waals surface area contributed by atoms with Gasteiger partial charge in [0.2, 0.25) is 11.8 Å². The fourth-order valence-electron chi connectivity index (χ4n) is 1.75. The molecule has 0 fully saturated rings. The quantitative estimate of drug-likeness (QED) is 0.836. The number of nitrogens with one attached hydrogen (secondary N) is 1. The Morgan fingerprint density at radius 3 is 2.77 bits per heavy atom. The number of aromatic nitrogens is 4. The molecule has 0 bridgehead atoms. The summed E-state index contributed by atoms with van der Waals surface area (Å²) in [5.74, 6) is 0.0411. The third-order valence-electron chi connectivity index (χ3n) is 2.85. The SMILES string of the molecule is CCOc1ncc(NC(=O)C(C)n2cccn2)c(OCC)n1. The predicted octanol–water partition coefficient (Wildman–Crippen LogP) is 1.67. The minimum atomic E-state index is -0.462. The molecule has 0 aliphatic carbocycles. The molecule has 0 aromatic carbocycles. The molecule has 1 unspecified atom stereocenters. The van der Waals surface area contributed by atoms with Crippen LogP contribution < -0.4 is 14.8 Å². The van der Waals surface area contributed by atoms with Gasteiger partial charge in [0.1, 0.15) is 11.7 Å². The summed E-state index contributed by atoms with van der Waals surface area (Å²) < 4.78 is 12.2. The lowest BCUT2D eigenvalue weighted by molar-refractivity contribution is -0.119. The number of carbonyl (C=O) groups is 1. The van der Waals surface area contributed by atoms with Crippen molar-refractivity contribution in [1.82, 2.24) is 19.7 Å².